The van der Waals surface area contributed by atoms with Crippen LogP contribution in [0, 0.1) is 0 Å². The Bertz CT molecular complexity index is 684. The second kappa shape index (κ2) is 5.16. The minimum absolute atomic E-state index is 0.672. The van der Waals surface area contributed by atoms with Crippen LogP contribution in [0.25, 0.3) is 16.5 Å². The van der Waals surface area contributed by atoms with Gasteiger partial charge in [-0.3, -0.25) is 4.98 Å². The van der Waals surface area contributed by atoms with Crippen LogP contribution < -0.4 is 5.73 Å². The average Bonchev–Trinajstić information content (AvgIpc) is 2.93. The Hall–Kier alpha value is -2.27. The summed E-state index contributed by atoms with van der Waals surface area (Å²) in [6.45, 7) is 0.672. The number of hydrogen-bond acceptors (Lipinski definition) is 4. The highest BCUT2D eigenvalue weighted by Gasteiger charge is 2.06. The van der Waals surface area contributed by atoms with Crippen molar-refractivity contribution >= 4 is 10.8 Å². The summed E-state index contributed by atoms with van der Waals surface area (Å²) in [5.74, 6) is 0. The molecule has 0 aliphatic carbocycles. The number of nitrogens with two attached hydrogens (primary N) is 1. The van der Waals surface area contributed by atoms with Crippen LogP contribution in [0.3, 0.4) is 0 Å². The van der Waals surface area contributed by atoms with Crippen LogP contribution in [0.1, 0.15) is 12.1 Å². The zero-order valence-corrected chi connectivity index (χ0v) is 10.5. The van der Waals surface area contributed by atoms with E-state index in [4.69, 9.17) is 5.73 Å². The highest BCUT2D eigenvalue weighted by atomic mass is 15.4. The van der Waals surface area contributed by atoms with Crippen LogP contribution in [-0.4, -0.2) is 26.5 Å². The van der Waals surface area contributed by atoms with Crippen LogP contribution in [0.15, 0.2) is 42.9 Å². The quantitative estimate of drug-likeness (QED) is 0.768. The number of benzene rings is 1. The van der Waals surface area contributed by atoms with E-state index in [1.165, 1.54) is 0 Å². The first-order valence-electron chi connectivity index (χ1n) is 6.33. The lowest BCUT2D eigenvalue weighted by Gasteiger charge is -2.04. The minimum Gasteiger partial charge on any atom is -0.330 e. The third kappa shape index (κ3) is 2.32. The summed E-state index contributed by atoms with van der Waals surface area (Å²) < 4.78 is 1.80. The van der Waals surface area contributed by atoms with Gasteiger partial charge in [-0.1, -0.05) is 17.3 Å². The number of fused-ring (bicyclic) bond motifs is 1. The molecule has 0 fully saturated rings. The SMILES string of the molecule is NCCCc1cn(-c2cccc3ccncc23)nn1. The molecular formula is C14H15N5. The van der Waals surface area contributed by atoms with Gasteiger partial charge in [0.25, 0.3) is 0 Å². The Morgan fingerprint density at radius 3 is 3.05 bits per heavy atom. The van der Waals surface area contributed by atoms with Crippen LogP contribution in [0.5, 0.6) is 0 Å². The first kappa shape index (κ1) is 11.8. The van der Waals surface area contributed by atoms with E-state index < -0.39 is 0 Å². The molecule has 3 aromatic rings. The first-order chi connectivity index (χ1) is 9.38. The monoisotopic (exact) mass is 253 g/mol. The Balaban J connectivity index is 2.02. The van der Waals surface area contributed by atoms with Gasteiger partial charge >= 0.3 is 0 Å². The fourth-order valence-electron chi connectivity index (χ4n) is 2.11. The van der Waals surface area contributed by atoms with Crippen molar-refractivity contribution in [2.24, 2.45) is 5.73 Å². The molecule has 3 rings (SSSR count). The zero-order valence-electron chi connectivity index (χ0n) is 10.5. The van der Waals surface area contributed by atoms with Crippen molar-refractivity contribution in [1.29, 1.82) is 0 Å². The summed E-state index contributed by atoms with van der Waals surface area (Å²) in [5, 5.41) is 10.6. The van der Waals surface area contributed by atoms with Crippen LogP contribution in [-0.2, 0) is 6.42 Å². The average molecular weight is 253 g/mol. The number of rotatable bonds is 4. The Labute approximate surface area is 111 Å². The molecule has 0 radical (unpaired) electrons. The van der Waals surface area contributed by atoms with Crippen molar-refractivity contribution in [3.63, 3.8) is 0 Å². The number of aryl methyl sites for hydroxylation is 1. The third-order valence-corrected chi connectivity index (χ3v) is 3.09. The predicted molar refractivity (Wildman–Crippen MR) is 74.0 cm³/mol. The van der Waals surface area contributed by atoms with Gasteiger partial charge in [0, 0.05) is 17.8 Å². The largest absolute Gasteiger partial charge is 0.330 e. The summed E-state index contributed by atoms with van der Waals surface area (Å²) in [5.41, 5.74) is 7.47. The molecule has 0 aliphatic rings. The number of hydrogen-bond donors (Lipinski definition) is 1. The van der Waals surface area contributed by atoms with Crippen LogP contribution in [0.2, 0.25) is 0 Å². The van der Waals surface area contributed by atoms with E-state index in [2.05, 4.69) is 21.4 Å². The Morgan fingerprint density at radius 1 is 1.21 bits per heavy atom. The van der Waals surface area contributed by atoms with E-state index in [1.807, 2.05) is 30.6 Å². The molecule has 1 aromatic carbocycles. The molecule has 0 aliphatic heterocycles. The summed E-state index contributed by atoms with van der Waals surface area (Å²) >= 11 is 0. The Morgan fingerprint density at radius 2 is 2.16 bits per heavy atom. The number of pyridine rings is 1. The van der Waals surface area contributed by atoms with Gasteiger partial charge in [0.05, 0.1) is 17.6 Å². The third-order valence-electron chi connectivity index (χ3n) is 3.09. The van der Waals surface area contributed by atoms with E-state index in [0.717, 1.165) is 35.0 Å². The second-order valence-corrected chi connectivity index (χ2v) is 4.42. The van der Waals surface area contributed by atoms with Crippen molar-refractivity contribution in [1.82, 2.24) is 20.0 Å². The predicted octanol–water partition coefficient (Wildman–Crippen LogP) is 1.71. The van der Waals surface area contributed by atoms with Crippen LogP contribution >= 0.6 is 0 Å². The molecule has 0 saturated heterocycles. The van der Waals surface area contributed by atoms with Crippen LogP contribution in [0.4, 0.5) is 0 Å². The summed E-state index contributed by atoms with van der Waals surface area (Å²) in [7, 11) is 0. The maximum atomic E-state index is 5.51. The van der Waals surface area contributed by atoms with Gasteiger partial charge in [0.1, 0.15) is 0 Å². The molecule has 2 N–H and O–H groups in total. The molecule has 0 atom stereocenters. The molecule has 96 valence electrons. The number of nitrogens with zero attached hydrogens (tertiary/aromatic N) is 4. The summed E-state index contributed by atoms with van der Waals surface area (Å²) in [4.78, 5) is 4.18. The van der Waals surface area contributed by atoms with Crippen molar-refractivity contribution < 1.29 is 0 Å². The highest BCUT2D eigenvalue weighted by Crippen LogP contribution is 2.20. The lowest BCUT2D eigenvalue weighted by Crippen LogP contribution is -2.00. The fourth-order valence-corrected chi connectivity index (χ4v) is 2.11. The van der Waals surface area contributed by atoms with E-state index in [9.17, 15) is 0 Å². The maximum absolute atomic E-state index is 5.51. The topological polar surface area (TPSA) is 69.6 Å². The molecule has 2 aromatic heterocycles. The van der Waals surface area contributed by atoms with Gasteiger partial charge < -0.3 is 5.73 Å². The lowest BCUT2D eigenvalue weighted by atomic mass is 10.1. The van der Waals surface area contributed by atoms with Crippen molar-refractivity contribution in [2.75, 3.05) is 6.54 Å². The molecule has 19 heavy (non-hydrogen) atoms. The van der Waals surface area contributed by atoms with E-state index in [1.54, 1.807) is 10.9 Å². The normalized spacial score (nSPS) is 11.0. The fraction of sp³-hybridized carbons (Fsp3) is 0.214. The molecule has 2 heterocycles. The molecule has 0 amide bonds. The zero-order chi connectivity index (χ0) is 13.1. The highest BCUT2D eigenvalue weighted by molar-refractivity contribution is 5.89. The molecule has 0 saturated carbocycles. The minimum atomic E-state index is 0.672. The summed E-state index contributed by atoms with van der Waals surface area (Å²) in [6, 6.07) is 8.09. The van der Waals surface area contributed by atoms with Gasteiger partial charge in [0.2, 0.25) is 0 Å². The first-order valence-corrected chi connectivity index (χ1v) is 6.33. The van der Waals surface area contributed by atoms with Crippen molar-refractivity contribution in [2.45, 2.75) is 12.8 Å². The van der Waals surface area contributed by atoms with E-state index >= 15 is 0 Å². The molecule has 0 unspecified atom stereocenters. The second-order valence-electron chi connectivity index (χ2n) is 4.42. The molecule has 0 bridgehead atoms. The smallest absolute Gasteiger partial charge is 0.0832 e. The number of aromatic nitrogens is 4. The van der Waals surface area contributed by atoms with Gasteiger partial charge in [-0.05, 0) is 36.9 Å². The molecular weight excluding hydrogens is 238 g/mol. The van der Waals surface area contributed by atoms with Gasteiger partial charge in [-0.25, -0.2) is 4.68 Å². The molecule has 5 heteroatoms. The van der Waals surface area contributed by atoms with Gasteiger partial charge in [-0.15, -0.1) is 5.10 Å². The van der Waals surface area contributed by atoms with Gasteiger partial charge in [0.15, 0.2) is 0 Å². The van der Waals surface area contributed by atoms with E-state index in [-0.39, 0.29) is 0 Å². The molecule has 5 nitrogen and oxygen atoms in total. The molecule has 0 spiro atoms. The van der Waals surface area contributed by atoms with Gasteiger partial charge in [-0.2, -0.15) is 0 Å². The summed E-state index contributed by atoms with van der Waals surface area (Å²) in [6.07, 6.45) is 7.39. The standard InChI is InChI=1S/C14H15N5/c15-7-2-4-12-10-19(18-17-12)14-5-1-3-11-6-8-16-9-13(11)14/h1,3,5-6,8-10H,2,4,7,15H2. The lowest BCUT2D eigenvalue weighted by molar-refractivity contribution is 0.781. The van der Waals surface area contributed by atoms with Crippen molar-refractivity contribution in [3.05, 3.63) is 48.5 Å². The van der Waals surface area contributed by atoms with E-state index in [0.29, 0.717) is 6.54 Å². The van der Waals surface area contributed by atoms with Crippen molar-refractivity contribution in [3.8, 4) is 5.69 Å². The maximum Gasteiger partial charge on any atom is 0.0832 e. The Kier molecular flexibility index (Phi) is 3.20.